The molecule has 0 radical (unpaired) electrons. The number of hydrogen-bond donors (Lipinski definition) is 1. The predicted molar refractivity (Wildman–Crippen MR) is 87.2 cm³/mol. The van der Waals surface area contributed by atoms with Crippen LogP contribution in [0, 0.1) is 11.3 Å². The fraction of sp³-hybridized carbons (Fsp3) is 0.200. The summed E-state index contributed by atoms with van der Waals surface area (Å²) in [7, 11) is 0. The van der Waals surface area contributed by atoms with Gasteiger partial charge in [-0.15, -0.1) is 0 Å². The molecule has 0 saturated heterocycles. The minimum atomic E-state index is -4.54. The van der Waals surface area contributed by atoms with Crippen LogP contribution in [0.3, 0.4) is 0 Å². The number of nitrogens with one attached hydrogen (secondary N) is 1. The summed E-state index contributed by atoms with van der Waals surface area (Å²) in [5, 5.41) is 11.5. The van der Waals surface area contributed by atoms with Crippen LogP contribution >= 0.6 is 23.4 Å². The number of carbonyl (C=O) groups is 1. The molecule has 0 fully saturated rings. The first kappa shape index (κ1) is 19.0. The van der Waals surface area contributed by atoms with Crippen molar-refractivity contribution < 1.29 is 18.0 Å². The Kier molecular flexibility index (Phi) is 6.22. The quantitative estimate of drug-likeness (QED) is 0.617. The second-order valence-corrected chi connectivity index (χ2v) is 6.14. The summed E-state index contributed by atoms with van der Waals surface area (Å²) < 4.78 is 37.7. The van der Waals surface area contributed by atoms with Gasteiger partial charge in [0.05, 0.1) is 10.6 Å². The van der Waals surface area contributed by atoms with E-state index in [0.29, 0.717) is 5.69 Å². The van der Waals surface area contributed by atoms with Crippen molar-refractivity contribution in [2.45, 2.75) is 17.8 Å². The van der Waals surface area contributed by atoms with Crippen LogP contribution in [0.1, 0.15) is 17.7 Å². The van der Waals surface area contributed by atoms with E-state index in [1.807, 2.05) is 6.07 Å². The van der Waals surface area contributed by atoms with Crippen LogP contribution in [-0.4, -0.2) is 21.6 Å². The predicted octanol–water partition coefficient (Wildman–Crippen LogP) is 4.14. The fourth-order valence-corrected chi connectivity index (χ4v) is 2.70. The van der Waals surface area contributed by atoms with Gasteiger partial charge < -0.3 is 5.32 Å². The van der Waals surface area contributed by atoms with E-state index in [1.54, 1.807) is 0 Å². The monoisotopic (exact) mass is 386 g/mol. The lowest BCUT2D eigenvalue weighted by Crippen LogP contribution is -2.12. The molecule has 0 aliphatic rings. The topological polar surface area (TPSA) is 78.7 Å². The summed E-state index contributed by atoms with van der Waals surface area (Å²) in [6.45, 7) is 0. The first-order valence-corrected chi connectivity index (χ1v) is 8.18. The summed E-state index contributed by atoms with van der Waals surface area (Å²) in [5.74, 6) is -0.141. The normalized spacial score (nSPS) is 11.0. The average Bonchev–Trinajstić information content (AvgIpc) is 2.54. The van der Waals surface area contributed by atoms with E-state index in [1.165, 1.54) is 18.2 Å². The Morgan fingerprint density at radius 3 is 2.76 bits per heavy atom. The van der Waals surface area contributed by atoms with Crippen molar-refractivity contribution in [2.75, 3.05) is 11.1 Å². The van der Waals surface area contributed by atoms with Crippen LogP contribution < -0.4 is 5.32 Å². The van der Waals surface area contributed by atoms with Crippen molar-refractivity contribution in [3.05, 3.63) is 46.7 Å². The van der Waals surface area contributed by atoms with E-state index in [4.69, 9.17) is 16.9 Å². The Bertz CT molecular complexity index is 823. The second-order valence-electron chi connectivity index (χ2n) is 4.68. The molecule has 0 atom stereocenters. The molecule has 25 heavy (non-hydrogen) atoms. The van der Waals surface area contributed by atoms with Gasteiger partial charge >= 0.3 is 6.18 Å². The van der Waals surface area contributed by atoms with Gasteiger partial charge in [-0.1, -0.05) is 23.4 Å². The number of anilines is 1. The molecule has 1 aromatic heterocycles. The highest BCUT2D eigenvalue weighted by atomic mass is 35.5. The summed E-state index contributed by atoms with van der Waals surface area (Å²) >= 11 is 6.81. The van der Waals surface area contributed by atoms with Crippen molar-refractivity contribution in [3.8, 4) is 6.07 Å². The zero-order valence-electron chi connectivity index (χ0n) is 12.5. The van der Waals surface area contributed by atoms with Gasteiger partial charge in [-0.3, -0.25) is 4.79 Å². The Balaban J connectivity index is 1.87. The van der Waals surface area contributed by atoms with E-state index >= 15 is 0 Å². The third-order valence-corrected chi connectivity index (χ3v) is 4.03. The molecule has 0 spiro atoms. The minimum Gasteiger partial charge on any atom is -0.326 e. The first-order valence-electron chi connectivity index (χ1n) is 6.82. The van der Waals surface area contributed by atoms with Gasteiger partial charge in [0.1, 0.15) is 11.8 Å². The van der Waals surface area contributed by atoms with Crippen molar-refractivity contribution in [3.63, 3.8) is 0 Å². The van der Waals surface area contributed by atoms with Gasteiger partial charge in [-0.05, 0) is 24.3 Å². The van der Waals surface area contributed by atoms with Crippen molar-refractivity contribution in [1.29, 1.82) is 5.26 Å². The molecule has 1 N–H and O–H groups in total. The van der Waals surface area contributed by atoms with Gasteiger partial charge in [0.25, 0.3) is 0 Å². The van der Waals surface area contributed by atoms with Crippen LogP contribution in [-0.2, 0) is 11.0 Å². The zero-order valence-corrected chi connectivity index (χ0v) is 14.0. The molecular formula is C15H10ClF3N4OS. The van der Waals surface area contributed by atoms with Crippen LogP contribution in [0.5, 0.6) is 0 Å². The molecule has 0 aliphatic carbocycles. The highest BCUT2D eigenvalue weighted by Crippen LogP contribution is 2.28. The molecule has 1 aromatic carbocycles. The number of aromatic nitrogens is 2. The number of halogens is 4. The number of alkyl halides is 3. The van der Waals surface area contributed by atoms with Crippen molar-refractivity contribution in [2.24, 2.45) is 0 Å². The van der Waals surface area contributed by atoms with Crippen molar-refractivity contribution >= 4 is 35.0 Å². The number of nitriles is 1. The molecule has 2 rings (SSSR count). The van der Waals surface area contributed by atoms with Crippen LogP contribution in [0.25, 0.3) is 0 Å². The minimum absolute atomic E-state index is 0.0435. The van der Waals surface area contributed by atoms with Gasteiger partial charge in [0, 0.05) is 24.1 Å². The van der Waals surface area contributed by atoms with E-state index in [-0.39, 0.29) is 33.8 Å². The first-order chi connectivity index (χ1) is 11.8. The standard InChI is InChI=1S/C15H10ClF3N4OS/c16-11-7-10(2-1-9(11)8-20)22-13(24)4-6-25-14-21-5-3-12(23-14)15(17,18)19/h1-3,5,7H,4,6H2,(H,22,24). The third-order valence-electron chi connectivity index (χ3n) is 2.86. The molecular weight excluding hydrogens is 377 g/mol. The second kappa shape index (κ2) is 8.18. The van der Waals surface area contributed by atoms with E-state index in [2.05, 4.69) is 15.3 Å². The number of nitrogens with zero attached hydrogens (tertiary/aromatic N) is 3. The maximum absolute atomic E-state index is 12.6. The Morgan fingerprint density at radius 2 is 2.12 bits per heavy atom. The number of thioether (sulfide) groups is 1. The molecule has 5 nitrogen and oxygen atoms in total. The van der Waals surface area contributed by atoms with E-state index < -0.39 is 11.9 Å². The fourth-order valence-electron chi connectivity index (χ4n) is 1.71. The summed E-state index contributed by atoms with van der Waals surface area (Å²) in [5.41, 5.74) is -0.312. The highest BCUT2D eigenvalue weighted by Gasteiger charge is 2.32. The Hall–Kier alpha value is -2.31. The number of carbonyl (C=O) groups excluding carboxylic acids is 1. The SMILES string of the molecule is N#Cc1ccc(NC(=O)CCSc2nccc(C(F)(F)F)n2)cc1Cl. The number of amides is 1. The number of hydrogen-bond acceptors (Lipinski definition) is 5. The van der Waals surface area contributed by atoms with Crippen LogP contribution in [0.15, 0.2) is 35.6 Å². The van der Waals surface area contributed by atoms with E-state index in [0.717, 1.165) is 24.0 Å². The molecule has 0 aliphatic heterocycles. The molecule has 130 valence electrons. The maximum atomic E-state index is 12.6. The van der Waals surface area contributed by atoms with Crippen LogP contribution in [0.2, 0.25) is 5.02 Å². The average molecular weight is 387 g/mol. The highest BCUT2D eigenvalue weighted by molar-refractivity contribution is 7.99. The lowest BCUT2D eigenvalue weighted by atomic mass is 10.2. The Morgan fingerprint density at radius 1 is 1.36 bits per heavy atom. The molecule has 1 heterocycles. The molecule has 1 amide bonds. The van der Waals surface area contributed by atoms with Gasteiger partial charge in [-0.2, -0.15) is 18.4 Å². The maximum Gasteiger partial charge on any atom is 0.433 e. The number of rotatable bonds is 5. The summed E-state index contributed by atoms with van der Waals surface area (Å²) in [6, 6.07) is 7.14. The van der Waals surface area contributed by atoms with E-state index in [9.17, 15) is 18.0 Å². The molecule has 0 bridgehead atoms. The summed E-state index contributed by atoms with van der Waals surface area (Å²) in [6.07, 6.45) is -3.47. The molecule has 0 saturated carbocycles. The largest absolute Gasteiger partial charge is 0.433 e. The van der Waals surface area contributed by atoms with Gasteiger partial charge in [-0.25, -0.2) is 9.97 Å². The summed E-state index contributed by atoms with van der Waals surface area (Å²) in [4.78, 5) is 19.0. The number of benzene rings is 1. The molecule has 0 unspecified atom stereocenters. The molecule has 2 aromatic rings. The molecule has 10 heteroatoms. The Labute approximate surface area is 150 Å². The smallest absolute Gasteiger partial charge is 0.326 e. The third kappa shape index (κ3) is 5.62. The van der Waals surface area contributed by atoms with Crippen LogP contribution in [0.4, 0.5) is 18.9 Å². The van der Waals surface area contributed by atoms with Gasteiger partial charge in [0.2, 0.25) is 5.91 Å². The zero-order chi connectivity index (χ0) is 18.4. The lowest BCUT2D eigenvalue weighted by molar-refractivity contribution is -0.141. The van der Waals surface area contributed by atoms with Gasteiger partial charge in [0.15, 0.2) is 5.16 Å². The lowest BCUT2D eigenvalue weighted by Gasteiger charge is -2.07. The van der Waals surface area contributed by atoms with Crippen molar-refractivity contribution in [1.82, 2.24) is 9.97 Å².